The molecule has 1 aromatic carbocycles. The van der Waals surface area contributed by atoms with E-state index < -0.39 is 0 Å². The maximum absolute atomic E-state index is 12.0. The summed E-state index contributed by atoms with van der Waals surface area (Å²) in [4.78, 5) is 12.0. The molecule has 0 fully saturated rings. The van der Waals surface area contributed by atoms with Gasteiger partial charge in [0.25, 0.3) is 5.91 Å². The predicted molar refractivity (Wildman–Crippen MR) is 87.3 cm³/mol. The SMILES string of the molecule is CC(C)(C)c1ccc(C(=O)NN(Cl)C(C)(C)C)cc1.Cl. The second-order valence-electron chi connectivity index (χ2n) is 6.72. The Morgan fingerprint density at radius 1 is 1.05 bits per heavy atom. The zero-order chi connectivity index (χ0) is 14.8. The predicted octanol–water partition coefficient (Wildman–Crippen LogP) is 4.31. The molecule has 0 aliphatic heterocycles. The van der Waals surface area contributed by atoms with Gasteiger partial charge in [0.2, 0.25) is 0 Å². The normalized spacial score (nSPS) is 12.0. The van der Waals surface area contributed by atoms with E-state index in [1.165, 1.54) is 10.1 Å². The Morgan fingerprint density at radius 3 is 1.85 bits per heavy atom. The van der Waals surface area contributed by atoms with Gasteiger partial charge in [-0.2, -0.15) is 0 Å². The number of nitrogens with zero attached hydrogens (tertiary/aromatic N) is 1. The van der Waals surface area contributed by atoms with Gasteiger partial charge in [-0.1, -0.05) is 32.9 Å². The second-order valence-corrected chi connectivity index (χ2v) is 7.06. The maximum atomic E-state index is 12.0. The van der Waals surface area contributed by atoms with E-state index in [0.717, 1.165) is 0 Å². The highest BCUT2D eigenvalue weighted by Crippen LogP contribution is 2.22. The standard InChI is InChI=1S/C15H23ClN2O.ClH/c1-14(2,3)12-9-7-11(8-10-12)13(19)17-18(16)15(4,5)6;/h7-10H,1-6H3,(H,17,19);1H. The molecule has 0 radical (unpaired) electrons. The summed E-state index contributed by atoms with van der Waals surface area (Å²) < 4.78 is 1.30. The van der Waals surface area contributed by atoms with Gasteiger partial charge in [0.05, 0.1) is 0 Å². The van der Waals surface area contributed by atoms with Gasteiger partial charge in [0.15, 0.2) is 0 Å². The smallest absolute Gasteiger partial charge is 0.266 e. The quantitative estimate of drug-likeness (QED) is 0.651. The van der Waals surface area contributed by atoms with Crippen molar-refractivity contribution in [1.82, 2.24) is 9.95 Å². The first-order chi connectivity index (χ1) is 8.51. The number of carbonyl (C=O) groups is 1. The van der Waals surface area contributed by atoms with Crippen molar-refractivity contribution in [2.24, 2.45) is 0 Å². The summed E-state index contributed by atoms with van der Waals surface area (Å²) in [6.45, 7) is 12.2. The Hall–Kier alpha value is -0.770. The van der Waals surface area contributed by atoms with Crippen LogP contribution in [0.3, 0.4) is 0 Å². The van der Waals surface area contributed by atoms with Gasteiger partial charge >= 0.3 is 0 Å². The van der Waals surface area contributed by atoms with E-state index in [1.807, 2.05) is 45.0 Å². The molecule has 0 saturated carbocycles. The van der Waals surface area contributed by atoms with Gasteiger partial charge in [-0.3, -0.25) is 10.2 Å². The number of hydrazine groups is 1. The zero-order valence-corrected chi connectivity index (χ0v) is 14.5. The van der Waals surface area contributed by atoms with Crippen LogP contribution in [0.25, 0.3) is 0 Å². The summed E-state index contributed by atoms with van der Waals surface area (Å²) >= 11 is 6.01. The number of rotatable bonds is 2. The molecule has 0 atom stereocenters. The van der Waals surface area contributed by atoms with Crippen LogP contribution in [0.4, 0.5) is 0 Å². The topological polar surface area (TPSA) is 32.3 Å². The molecule has 1 N–H and O–H groups in total. The third kappa shape index (κ3) is 5.31. The van der Waals surface area contributed by atoms with Crippen molar-refractivity contribution in [1.29, 1.82) is 0 Å². The molecule has 5 heteroatoms. The minimum Gasteiger partial charge on any atom is -0.270 e. The number of benzene rings is 1. The van der Waals surface area contributed by atoms with E-state index in [-0.39, 0.29) is 29.3 Å². The molecule has 0 spiro atoms. The molecule has 114 valence electrons. The number of carbonyl (C=O) groups excluding carboxylic acids is 1. The van der Waals surface area contributed by atoms with Crippen molar-refractivity contribution in [3.63, 3.8) is 0 Å². The number of nitrogens with one attached hydrogen (secondary N) is 1. The van der Waals surface area contributed by atoms with Crippen molar-refractivity contribution < 1.29 is 4.79 Å². The Morgan fingerprint density at radius 2 is 1.50 bits per heavy atom. The molecular weight excluding hydrogens is 295 g/mol. The summed E-state index contributed by atoms with van der Waals surface area (Å²) in [5.41, 5.74) is 4.20. The molecular formula is C15H24Cl2N2O. The van der Waals surface area contributed by atoms with Crippen molar-refractivity contribution in [3.8, 4) is 0 Å². The summed E-state index contributed by atoms with van der Waals surface area (Å²) in [5.74, 6) is -0.203. The van der Waals surface area contributed by atoms with Crippen LogP contribution in [-0.2, 0) is 5.41 Å². The molecule has 0 aliphatic rings. The second kappa shape index (κ2) is 6.79. The largest absolute Gasteiger partial charge is 0.270 e. The van der Waals surface area contributed by atoms with E-state index in [1.54, 1.807) is 0 Å². The van der Waals surface area contributed by atoms with Gasteiger partial charge in [0, 0.05) is 22.9 Å². The molecule has 1 amide bonds. The summed E-state index contributed by atoms with van der Waals surface area (Å²) in [5, 5.41) is 0. The van der Waals surface area contributed by atoms with E-state index in [9.17, 15) is 4.79 Å². The summed E-state index contributed by atoms with van der Waals surface area (Å²) in [6.07, 6.45) is 0. The fourth-order valence-corrected chi connectivity index (χ4v) is 1.52. The molecule has 0 aliphatic carbocycles. The van der Waals surface area contributed by atoms with Gasteiger partial charge in [0.1, 0.15) is 0 Å². The molecule has 20 heavy (non-hydrogen) atoms. The highest BCUT2D eigenvalue weighted by molar-refractivity contribution is 6.14. The lowest BCUT2D eigenvalue weighted by Crippen LogP contribution is -2.46. The first-order valence-corrected chi connectivity index (χ1v) is 6.73. The average Bonchev–Trinajstić information content (AvgIpc) is 2.26. The average molecular weight is 319 g/mol. The third-order valence-corrected chi connectivity index (χ3v) is 3.39. The van der Waals surface area contributed by atoms with E-state index in [4.69, 9.17) is 11.8 Å². The highest BCUT2D eigenvalue weighted by Gasteiger charge is 2.22. The van der Waals surface area contributed by atoms with Crippen LogP contribution in [0.15, 0.2) is 24.3 Å². The molecule has 0 bridgehead atoms. The van der Waals surface area contributed by atoms with E-state index >= 15 is 0 Å². The van der Waals surface area contributed by atoms with Crippen LogP contribution in [0.2, 0.25) is 0 Å². The van der Waals surface area contributed by atoms with Gasteiger partial charge in [-0.15, -0.1) is 16.9 Å². The first-order valence-electron chi connectivity index (χ1n) is 6.39. The lowest BCUT2D eigenvalue weighted by Gasteiger charge is -2.28. The van der Waals surface area contributed by atoms with Crippen molar-refractivity contribution in [2.75, 3.05) is 0 Å². The summed E-state index contributed by atoms with van der Waals surface area (Å²) in [6, 6.07) is 7.60. The minimum atomic E-state index is -0.331. The fraction of sp³-hybridized carbons (Fsp3) is 0.533. The molecule has 0 unspecified atom stereocenters. The molecule has 1 aromatic rings. The molecule has 0 saturated heterocycles. The zero-order valence-electron chi connectivity index (χ0n) is 13.0. The molecule has 0 aromatic heterocycles. The molecule has 3 nitrogen and oxygen atoms in total. The lowest BCUT2D eigenvalue weighted by atomic mass is 9.87. The Balaban J connectivity index is 0.00000361. The van der Waals surface area contributed by atoms with Gasteiger partial charge in [-0.05, 0) is 43.9 Å². The fourth-order valence-electron chi connectivity index (χ4n) is 1.44. The van der Waals surface area contributed by atoms with Crippen LogP contribution in [0.5, 0.6) is 0 Å². The van der Waals surface area contributed by atoms with Crippen LogP contribution in [0, 0.1) is 0 Å². The first kappa shape index (κ1) is 19.2. The van der Waals surface area contributed by atoms with E-state index in [0.29, 0.717) is 5.56 Å². The van der Waals surface area contributed by atoms with Crippen LogP contribution in [0.1, 0.15) is 57.5 Å². The molecule has 1 rings (SSSR count). The summed E-state index contributed by atoms with van der Waals surface area (Å²) in [7, 11) is 0. The minimum absolute atomic E-state index is 0. The van der Waals surface area contributed by atoms with Crippen molar-refractivity contribution in [3.05, 3.63) is 35.4 Å². The van der Waals surface area contributed by atoms with E-state index in [2.05, 4.69) is 26.2 Å². The maximum Gasteiger partial charge on any atom is 0.266 e. The highest BCUT2D eigenvalue weighted by atomic mass is 35.5. The van der Waals surface area contributed by atoms with Crippen molar-refractivity contribution >= 4 is 30.1 Å². The monoisotopic (exact) mass is 318 g/mol. The number of halogens is 2. The number of hydrogen-bond donors (Lipinski definition) is 1. The van der Waals surface area contributed by atoms with Crippen molar-refractivity contribution in [2.45, 2.75) is 52.5 Å². The Bertz CT molecular complexity index is 444. The Labute approximate surface area is 133 Å². The van der Waals surface area contributed by atoms with Gasteiger partial charge in [-0.25, -0.2) is 0 Å². The van der Waals surface area contributed by atoms with Crippen LogP contribution in [-0.4, -0.2) is 16.0 Å². The van der Waals surface area contributed by atoms with Gasteiger partial charge < -0.3 is 0 Å². The molecule has 0 heterocycles. The third-order valence-electron chi connectivity index (χ3n) is 2.80. The number of amides is 1. The number of hydrogen-bond acceptors (Lipinski definition) is 2. The Kier molecular flexibility index (Phi) is 6.53. The van der Waals surface area contributed by atoms with Crippen LogP contribution < -0.4 is 5.43 Å². The lowest BCUT2D eigenvalue weighted by molar-refractivity contribution is 0.0806. The van der Waals surface area contributed by atoms with Crippen LogP contribution >= 0.6 is 24.2 Å².